The number of rotatable bonds is 5. The first-order valence-corrected chi connectivity index (χ1v) is 8.13. The van der Waals surface area contributed by atoms with Crippen LogP contribution in [0.15, 0.2) is 23.8 Å². The topological polar surface area (TPSA) is 20.3 Å². The Kier molecular flexibility index (Phi) is 5.06. The summed E-state index contributed by atoms with van der Waals surface area (Å²) in [7, 11) is 0. The van der Waals surface area contributed by atoms with Gasteiger partial charge in [0.1, 0.15) is 0 Å². The number of hydrogen-bond acceptors (Lipinski definition) is 1. The van der Waals surface area contributed by atoms with Crippen LogP contribution in [0, 0.1) is 17.8 Å². The molecule has 112 valence electrons. The SMILES string of the molecule is CC1=CC(C)C(/C=C\CN(C(=O)C2CC2)C(C)C)CC1. The Morgan fingerprint density at radius 1 is 1.40 bits per heavy atom. The Bertz CT molecular complexity index is 404. The van der Waals surface area contributed by atoms with Crippen molar-refractivity contribution >= 4 is 5.91 Å². The highest BCUT2D eigenvalue weighted by atomic mass is 16.2. The molecule has 0 aromatic carbocycles. The first kappa shape index (κ1) is 15.3. The van der Waals surface area contributed by atoms with Gasteiger partial charge in [-0.15, -0.1) is 0 Å². The van der Waals surface area contributed by atoms with Crippen molar-refractivity contribution in [1.82, 2.24) is 4.90 Å². The zero-order chi connectivity index (χ0) is 14.7. The van der Waals surface area contributed by atoms with E-state index >= 15 is 0 Å². The maximum Gasteiger partial charge on any atom is 0.226 e. The van der Waals surface area contributed by atoms with Crippen molar-refractivity contribution in [2.45, 2.75) is 59.4 Å². The fourth-order valence-corrected chi connectivity index (χ4v) is 3.05. The molecule has 0 aliphatic heterocycles. The summed E-state index contributed by atoms with van der Waals surface area (Å²) in [6.07, 6.45) is 11.6. The van der Waals surface area contributed by atoms with Crippen LogP contribution in [-0.2, 0) is 4.79 Å². The average molecular weight is 275 g/mol. The largest absolute Gasteiger partial charge is 0.336 e. The predicted molar refractivity (Wildman–Crippen MR) is 84.4 cm³/mol. The summed E-state index contributed by atoms with van der Waals surface area (Å²) in [6, 6.07) is 0.304. The number of nitrogens with zero attached hydrogens (tertiary/aromatic N) is 1. The third-order valence-electron chi connectivity index (χ3n) is 4.61. The average Bonchev–Trinajstić information content (AvgIpc) is 3.19. The summed E-state index contributed by atoms with van der Waals surface area (Å²) >= 11 is 0. The van der Waals surface area contributed by atoms with Crippen LogP contribution in [0.25, 0.3) is 0 Å². The normalized spacial score (nSPS) is 26.9. The van der Waals surface area contributed by atoms with Gasteiger partial charge >= 0.3 is 0 Å². The Balaban J connectivity index is 1.88. The molecular weight excluding hydrogens is 246 g/mol. The molecule has 0 aromatic rings. The number of hydrogen-bond donors (Lipinski definition) is 0. The molecular formula is C18H29NO. The second kappa shape index (κ2) is 6.60. The number of amides is 1. The summed E-state index contributed by atoms with van der Waals surface area (Å²) in [5, 5.41) is 0. The lowest BCUT2D eigenvalue weighted by molar-refractivity contribution is -0.133. The fourth-order valence-electron chi connectivity index (χ4n) is 3.05. The van der Waals surface area contributed by atoms with Gasteiger partial charge in [-0.1, -0.05) is 30.7 Å². The molecule has 1 amide bonds. The van der Waals surface area contributed by atoms with Crippen molar-refractivity contribution in [3.63, 3.8) is 0 Å². The van der Waals surface area contributed by atoms with Crippen molar-refractivity contribution in [2.24, 2.45) is 17.8 Å². The third-order valence-corrected chi connectivity index (χ3v) is 4.61. The van der Waals surface area contributed by atoms with Gasteiger partial charge in [-0.3, -0.25) is 4.79 Å². The molecule has 0 heterocycles. The standard InChI is InChI=1S/C18H29NO/c1-13(2)19(18(20)17-9-10-17)11-5-6-16-8-7-14(3)12-15(16)4/h5-6,12-13,15-17H,7-11H2,1-4H3/b6-5-. The zero-order valence-corrected chi connectivity index (χ0v) is 13.4. The summed E-state index contributed by atoms with van der Waals surface area (Å²) in [5.41, 5.74) is 1.52. The van der Waals surface area contributed by atoms with Gasteiger partial charge in [0.15, 0.2) is 0 Å². The van der Waals surface area contributed by atoms with Crippen LogP contribution < -0.4 is 0 Å². The molecule has 0 N–H and O–H groups in total. The summed E-state index contributed by atoms with van der Waals surface area (Å²) in [4.78, 5) is 14.2. The Morgan fingerprint density at radius 3 is 2.65 bits per heavy atom. The van der Waals surface area contributed by atoms with Crippen LogP contribution in [-0.4, -0.2) is 23.4 Å². The van der Waals surface area contributed by atoms with E-state index in [1.807, 2.05) is 4.90 Å². The highest BCUT2D eigenvalue weighted by Crippen LogP contribution is 2.32. The van der Waals surface area contributed by atoms with Crippen LogP contribution in [0.3, 0.4) is 0 Å². The Labute approximate surface area is 123 Å². The van der Waals surface area contributed by atoms with Gasteiger partial charge in [-0.2, -0.15) is 0 Å². The van der Waals surface area contributed by atoms with Crippen LogP contribution in [0.4, 0.5) is 0 Å². The predicted octanol–water partition coefficient (Wildman–Crippen LogP) is 4.18. The monoisotopic (exact) mass is 275 g/mol. The molecule has 0 aromatic heterocycles. The molecule has 1 fully saturated rings. The van der Waals surface area contributed by atoms with Gasteiger partial charge in [0.25, 0.3) is 0 Å². The smallest absolute Gasteiger partial charge is 0.226 e. The first-order chi connectivity index (χ1) is 9.49. The van der Waals surface area contributed by atoms with Crippen LogP contribution in [0.1, 0.15) is 53.4 Å². The molecule has 2 aliphatic carbocycles. The summed E-state index contributed by atoms with van der Waals surface area (Å²) in [5.74, 6) is 1.96. The Hall–Kier alpha value is -1.05. The van der Waals surface area contributed by atoms with E-state index in [9.17, 15) is 4.79 Å². The minimum atomic E-state index is 0.304. The lowest BCUT2D eigenvalue weighted by atomic mass is 9.82. The molecule has 0 spiro atoms. The number of carbonyl (C=O) groups excluding carboxylic acids is 1. The van der Waals surface area contributed by atoms with Crippen molar-refractivity contribution in [3.8, 4) is 0 Å². The molecule has 0 saturated heterocycles. The molecule has 1 saturated carbocycles. The molecule has 2 rings (SSSR count). The molecule has 2 aliphatic rings. The minimum absolute atomic E-state index is 0.304. The van der Waals surface area contributed by atoms with Gasteiger partial charge in [0.2, 0.25) is 5.91 Å². The molecule has 0 bridgehead atoms. The highest BCUT2D eigenvalue weighted by Gasteiger charge is 2.33. The maximum absolute atomic E-state index is 12.2. The summed E-state index contributed by atoms with van der Waals surface area (Å²) in [6.45, 7) is 9.53. The molecule has 0 radical (unpaired) electrons. The van der Waals surface area contributed by atoms with E-state index < -0.39 is 0 Å². The molecule has 2 nitrogen and oxygen atoms in total. The lowest BCUT2D eigenvalue weighted by Crippen LogP contribution is -2.38. The highest BCUT2D eigenvalue weighted by molar-refractivity contribution is 5.81. The number of carbonyl (C=O) groups is 1. The maximum atomic E-state index is 12.2. The second-order valence-corrected chi connectivity index (χ2v) is 6.86. The zero-order valence-electron chi connectivity index (χ0n) is 13.4. The van der Waals surface area contributed by atoms with Gasteiger partial charge in [-0.05, 0) is 58.3 Å². The van der Waals surface area contributed by atoms with E-state index in [-0.39, 0.29) is 0 Å². The fraction of sp³-hybridized carbons (Fsp3) is 0.722. The van der Waals surface area contributed by atoms with Crippen LogP contribution in [0.5, 0.6) is 0 Å². The van der Waals surface area contributed by atoms with E-state index in [2.05, 4.69) is 45.9 Å². The van der Waals surface area contributed by atoms with Crippen LogP contribution in [0.2, 0.25) is 0 Å². The Morgan fingerprint density at radius 2 is 2.10 bits per heavy atom. The molecule has 2 heteroatoms. The van der Waals surface area contributed by atoms with Crippen molar-refractivity contribution in [3.05, 3.63) is 23.8 Å². The van der Waals surface area contributed by atoms with Crippen LogP contribution >= 0.6 is 0 Å². The van der Waals surface area contributed by atoms with Crippen molar-refractivity contribution < 1.29 is 4.79 Å². The molecule has 2 unspecified atom stereocenters. The van der Waals surface area contributed by atoms with E-state index in [0.29, 0.717) is 29.7 Å². The quantitative estimate of drug-likeness (QED) is 0.689. The summed E-state index contributed by atoms with van der Waals surface area (Å²) < 4.78 is 0. The van der Waals surface area contributed by atoms with Gasteiger partial charge in [-0.25, -0.2) is 0 Å². The van der Waals surface area contributed by atoms with Gasteiger partial charge < -0.3 is 4.90 Å². The third kappa shape index (κ3) is 3.97. The van der Waals surface area contributed by atoms with E-state index in [1.54, 1.807) is 0 Å². The van der Waals surface area contributed by atoms with Crippen molar-refractivity contribution in [1.29, 1.82) is 0 Å². The lowest BCUT2D eigenvalue weighted by Gasteiger charge is -2.27. The van der Waals surface area contributed by atoms with Gasteiger partial charge in [0.05, 0.1) is 0 Å². The van der Waals surface area contributed by atoms with E-state index in [1.165, 1.54) is 18.4 Å². The molecule has 2 atom stereocenters. The minimum Gasteiger partial charge on any atom is -0.336 e. The first-order valence-electron chi connectivity index (χ1n) is 8.13. The van der Waals surface area contributed by atoms with Crippen molar-refractivity contribution in [2.75, 3.05) is 6.54 Å². The van der Waals surface area contributed by atoms with E-state index in [0.717, 1.165) is 19.4 Å². The molecule has 20 heavy (non-hydrogen) atoms. The van der Waals surface area contributed by atoms with Gasteiger partial charge in [0, 0.05) is 18.5 Å². The second-order valence-electron chi connectivity index (χ2n) is 6.86. The van der Waals surface area contributed by atoms with E-state index in [4.69, 9.17) is 0 Å². The number of allylic oxidation sites excluding steroid dienone is 3.